The van der Waals surface area contributed by atoms with Crippen molar-refractivity contribution in [3.63, 3.8) is 0 Å². The third-order valence-electron chi connectivity index (χ3n) is 4.22. The maximum Gasteiger partial charge on any atom is 0.414 e. The molecule has 10 heteroatoms. The van der Waals surface area contributed by atoms with Gasteiger partial charge < -0.3 is 9.30 Å². The van der Waals surface area contributed by atoms with Gasteiger partial charge in [-0.2, -0.15) is 0 Å². The van der Waals surface area contributed by atoms with Crippen LogP contribution in [0.15, 0.2) is 36.9 Å². The molecule has 27 heavy (non-hydrogen) atoms. The van der Waals surface area contributed by atoms with Crippen molar-refractivity contribution in [3.8, 4) is 5.69 Å². The summed E-state index contributed by atoms with van der Waals surface area (Å²) >= 11 is 0. The molecule has 1 unspecified atom stereocenters. The highest BCUT2D eigenvalue weighted by Gasteiger charge is 2.33. The summed E-state index contributed by atoms with van der Waals surface area (Å²) in [4.78, 5) is 17.6. The summed E-state index contributed by atoms with van der Waals surface area (Å²) in [5.41, 5.74) is 1.71. The van der Waals surface area contributed by atoms with Crippen LogP contribution in [0.1, 0.15) is 11.4 Å². The van der Waals surface area contributed by atoms with Crippen LogP contribution in [0.2, 0.25) is 0 Å². The van der Waals surface area contributed by atoms with Crippen molar-refractivity contribution in [3.05, 3.63) is 54.1 Å². The first-order valence-corrected chi connectivity index (χ1v) is 8.27. The van der Waals surface area contributed by atoms with Gasteiger partial charge in [0, 0.05) is 6.20 Å². The zero-order valence-electron chi connectivity index (χ0n) is 14.4. The fourth-order valence-corrected chi connectivity index (χ4v) is 2.95. The number of hydrogen-bond acceptors (Lipinski definition) is 5. The third kappa shape index (κ3) is 3.37. The van der Waals surface area contributed by atoms with Crippen molar-refractivity contribution in [1.82, 2.24) is 24.5 Å². The molecule has 3 aromatic rings. The fourth-order valence-electron chi connectivity index (χ4n) is 2.95. The van der Waals surface area contributed by atoms with Crippen LogP contribution in [-0.4, -0.2) is 43.3 Å². The molecule has 4 rings (SSSR count). The molecule has 1 atom stereocenters. The Kier molecular flexibility index (Phi) is 4.30. The highest BCUT2D eigenvalue weighted by Crippen LogP contribution is 2.26. The van der Waals surface area contributed by atoms with E-state index in [4.69, 9.17) is 4.74 Å². The first-order valence-electron chi connectivity index (χ1n) is 8.27. The summed E-state index contributed by atoms with van der Waals surface area (Å²) in [5.74, 6) is -0.481. The number of aryl methyl sites for hydroxylation is 1. The van der Waals surface area contributed by atoms with Gasteiger partial charge in [-0.3, -0.25) is 4.90 Å². The number of benzene rings is 1. The highest BCUT2D eigenvalue weighted by atomic mass is 19.1. The number of rotatable bonds is 5. The SMILES string of the molecule is Cc1cn(-c2ccc(N3CC(Cn4cc(CF)nn4)OC3=O)cc2F)cn1. The highest BCUT2D eigenvalue weighted by molar-refractivity contribution is 5.89. The predicted molar refractivity (Wildman–Crippen MR) is 90.7 cm³/mol. The molecule has 1 aliphatic heterocycles. The summed E-state index contributed by atoms with van der Waals surface area (Å²) in [6.07, 6.45) is 3.62. The van der Waals surface area contributed by atoms with Crippen LogP contribution in [0, 0.1) is 12.7 Å². The molecular formula is C17H16F2N6O2. The van der Waals surface area contributed by atoms with Crippen molar-refractivity contribution in [2.75, 3.05) is 11.4 Å². The summed E-state index contributed by atoms with van der Waals surface area (Å²) in [6, 6.07) is 4.51. The fraction of sp³-hybridized carbons (Fsp3) is 0.294. The van der Waals surface area contributed by atoms with Crippen molar-refractivity contribution in [2.24, 2.45) is 0 Å². The van der Waals surface area contributed by atoms with E-state index >= 15 is 0 Å². The predicted octanol–water partition coefficient (Wildman–Crippen LogP) is 2.41. The molecule has 140 valence electrons. The molecule has 2 aromatic heterocycles. The molecule has 1 amide bonds. The number of cyclic esters (lactones) is 1. The molecule has 0 bridgehead atoms. The van der Waals surface area contributed by atoms with Crippen LogP contribution >= 0.6 is 0 Å². The largest absolute Gasteiger partial charge is 0.442 e. The number of anilines is 1. The van der Waals surface area contributed by atoms with Gasteiger partial charge in [0.2, 0.25) is 0 Å². The van der Waals surface area contributed by atoms with E-state index in [1.54, 1.807) is 22.9 Å². The molecule has 0 saturated carbocycles. The lowest BCUT2D eigenvalue weighted by atomic mass is 10.2. The Bertz CT molecular complexity index is 985. The van der Waals surface area contributed by atoms with Crippen LogP contribution < -0.4 is 4.90 Å². The molecule has 0 aliphatic carbocycles. The van der Waals surface area contributed by atoms with Gasteiger partial charge in [0.1, 0.15) is 24.3 Å². The minimum absolute atomic E-state index is 0.212. The monoisotopic (exact) mass is 374 g/mol. The number of imidazole rings is 1. The third-order valence-corrected chi connectivity index (χ3v) is 4.22. The van der Waals surface area contributed by atoms with Gasteiger partial charge >= 0.3 is 6.09 Å². The zero-order chi connectivity index (χ0) is 19.0. The van der Waals surface area contributed by atoms with Crippen molar-refractivity contribution >= 4 is 11.8 Å². The van der Waals surface area contributed by atoms with E-state index in [0.717, 1.165) is 5.69 Å². The number of alkyl halides is 1. The molecule has 3 heterocycles. The summed E-state index contributed by atoms with van der Waals surface area (Å²) < 4.78 is 35.4. The van der Waals surface area contributed by atoms with E-state index in [2.05, 4.69) is 15.3 Å². The molecule has 8 nitrogen and oxygen atoms in total. The Morgan fingerprint density at radius 1 is 1.33 bits per heavy atom. The smallest absolute Gasteiger partial charge is 0.414 e. The van der Waals surface area contributed by atoms with E-state index in [1.165, 1.54) is 28.2 Å². The van der Waals surface area contributed by atoms with Gasteiger partial charge in [0.15, 0.2) is 0 Å². The quantitative estimate of drug-likeness (QED) is 0.685. The summed E-state index contributed by atoms with van der Waals surface area (Å²) in [7, 11) is 0. The minimum atomic E-state index is -0.710. The Morgan fingerprint density at radius 2 is 2.19 bits per heavy atom. The topological polar surface area (TPSA) is 78.1 Å². The van der Waals surface area contributed by atoms with Crippen molar-refractivity contribution in [2.45, 2.75) is 26.2 Å². The first-order chi connectivity index (χ1) is 13.0. The second-order valence-electron chi connectivity index (χ2n) is 6.24. The van der Waals surface area contributed by atoms with Gasteiger partial charge in [-0.15, -0.1) is 5.10 Å². The van der Waals surface area contributed by atoms with E-state index < -0.39 is 24.7 Å². The minimum Gasteiger partial charge on any atom is -0.442 e. The summed E-state index contributed by atoms with van der Waals surface area (Å²) in [5, 5.41) is 7.43. The lowest BCUT2D eigenvalue weighted by molar-refractivity contribution is 0.129. The standard InChI is InChI=1S/C17H16F2N6O2/c1-11-6-23(10-20-11)16-3-2-13(4-15(16)19)25-9-14(27-17(25)26)8-24-7-12(5-18)21-22-24/h2-4,6-7,10,14H,5,8-9H2,1H3. The number of carbonyl (C=O) groups excluding carboxylic acids is 1. The Balaban J connectivity index is 1.49. The number of hydrogen-bond donors (Lipinski definition) is 0. The van der Waals surface area contributed by atoms with Crippen LogP contribution in [0.4, 0.5) is 19.3 Å². The number of nitrogens with zero attached hydrogens (tertiary/aromatic N) is 6. The van der Waals surface area contributed by atoms with E-state index in [1.807, 2.05) is 6.92 Å². The Hall–Kier alpha value is -3.30. The van der Waals surface area contributed by atoms with Gasteiger partial charge in [-0.1, -0.05) is 5.21 Å². The van der Waals surface area contributed by atoms with Crippen molar-refractivity contribution in [1.29, 1.82) is 0 Å². The molecular weight excluding hydrogens is 358 g/mol. The normalized spacial score (nSPS) is 16.8. The van der Waals surface area contributed by atoms with Crippen LogP contribution in [-0.2, 0) is 18.0 Å². The summed E-state index contributed by atoms with van der Waals surface area (Å²) in [6.45, 7) is 1.57. The number of ether oxygens (including phenoxy) is 1. The number of carbonyl (C=O) groups is 1. The number of halogens is 2. The van der Waals surface area contributed by atoms with Gasteiger partial charge in [-0.05, 0) is 25.1 Å². The Morgan fingerprint density at radius 3 is 2.85 bits per heavy atom. The van der Waals surface area contributed by atoms with Gasteiger partial charge in [-0.25, -0.2) is 23.2 Å². The lowest BCUT2D eigenvalue weighted by Gasteiger charge is -2.14. The van der Waals surface area contributed by atoms with E-state index in [0.29, 0.717) is 11.4 Å². The molecule has 0 N–H and O–H groups in total. The molecule has 0 radical (unpaired) electrons. The average Bonchev–Trinajstić information content (AvgIpc) is 3.35. The van der Waals surface area contributed by atoms with Gasteiger partial charge in [0.05, 0.1) is 42.7 Å². The van der Waals surface area contributed by atoms with Crippen LogP contribution in [0.3, 0.4) is 0 Å². The van der Waals surface area contributed by atoms with Gasteiger partial charge in [0.25, 0.3) is 0 Å². The van der Waals surface area contributed by atoms with Crippen molar-refractivity contribution < 1.29 is 18.3 Å². The van der Waals surface area contributed by atoms with E-state index in [-0.39, 0.29) is 18.8 Å². The molecule has 1 fully saturated rings. The second-order valence-corrected chi connectivity index (χ2v) is 6.24. The lowest BCUT2D eigenvalue weighted by Crippen LogP contribution is -2.26. The second kappa shape index (κ2) is 6.78. The maximum atomic E-state index is 14.5. The number of aromatic nitrogens is 5. The first kappa shape index (κ1) is 17.1. The van der Waals surface area contributed by atoms with Crippen LogP contribution in [0.5, 0.6) is 0 Å². The average molecular weight is 374 g/mol. The van der Waals surface area contributed by atoms with E-state index in [9.17, 15) is 13.6 Å². The maximum absolute atomic E-state index is 14.5. The molecule has 1 saturated heterocycles. The number of amides is 1. The Labute approximate surface area is 153 Å². The zero-order valence-corrected chi connectivity index (χ0v) is 14.4. The molecule has 0 spiro atoms. The molecule has 1 aromatic carbocycles. The molecule has 1 aliphatic rings. The van der Waals surface area contributed by atoms with Crippen LogP contribution in [0.25, 0.3) is 5.69 Å².